The minimum Gasteiger partial charge on any atom is -0.386 e. The molecule has 2 aromatic rings. The molecule has 2 aromatic heterocycles. The molecule has 88 valence electrons. The summed E-state index contributed by atoms with van der Waals surface area (Å²) >= 11 is 0. The van der Waals surface area contributed by atoms with Crippen molar-refractivity contribution in [1.29, 1.82) is 0 Å². The Morgan fingerprint density at radius 3 is 2.76 bits per heavy atom. The number of aliphatic hydroxyl groups excluding tert-OH is 1. The van der Waals surface area contributed by atoms with Crippen LogP contribution in [0.15, 0.2) is 36.9 Å². The fourth-order valence-electron chi connectivity index (χ4n) is 1.41. The number of pyridine rings is 1. The lowest BCUT2D eigenvalue weighted by atomic mass is 10.1. The van der Waals surface area contributed by atoms with Crippen molar-refractivity contribution in [1.82, 2.24) is 14.8 Å². The highest BCUT2D eigenvalue weighted by molar-refractivity contribution is 5.21. The first-order valence-corrected chi connectivity index (χ1v) is 4.91. The average molecular weight is 234 g/mol. The van der Waals surface area contributed by atoms with E-state index in [2.05, 4.69) is 10.1 Å². The van der Waals surface area contributed by atoms with Crippen LogP contribution >= 0.6 is 0 Å². The van der Waals surface area contributed by atoms with E-state index in [9.17, 15) is 15.2 Å². The Kier molecular flexibility index (Phi) is 3.10. The normalized spacial score (nSPS) is 12.3. The summed E-state index contributed by atoms with van der Waals surface area (Å²) in [6.45, 7) is 0.165. The van der Waals surface area contributed by atoms with Crippen LogP contribution in [0.5, 0.6) is 0 Å². The average Bonchev–Trinajstić information content (AvgIpc) is 2.79. The molecule has 1 atom stereocenters. The van der Waals surface area contributed by atoms with E-state index in [0.717, 1.165) is 6.20 Å². The summed E-state index contributed by atoms with van der Waals surface area (Å²) in [6.07, 6.45) is 4.82. The number of aliphatic hydroxyl groups is 1. The minimum atomic E-state index is -0.766. The Morgan fingerprint density at radius 1 is 1.47 bits per heavy atom. The van der Waals surface area contributed by atoms with Crippen molar-refractivity contribution in [2.24, 2.45) is 0 Å². The quantitative estimate of drug-likeness (QED) is 0.627. The van der Waals surface area contributed by atoms with Crippen LogP contribution in [0.1, 0.15) is 11.7 Å². The number of aromatic nitrogens is 3. The van der Waals surface area contributed by atoms with Crippen LogP contribution < -0.4 is 0 Å². The summed E-state index contributed by atoms with van der Waals surface area (Å²) in [5.74, 6) is 0. The molecule has 0 saturated heterocycles. The number of nitrogens with zero attached hydrogens (tertiary/aromatic N) is 4. The molecule has 0 aromatic carbocycles. The minimum absolute atomic E-state index is 0.0908. The van der Waals surface area contributed by atoms with Crippen LogP contribution in [0.4, 0.5) is 5.69 Å². The molecule has 0 spiro atoms. The van der Waals surface area contributed by atoms with Crippen molar-refractivity contribution in [3.05, 3.63) is 52.6 Å². The largest absolute Gasteiger partial charge is 0.386 e. The van der Waals surface area contributed by atoms with Crippen LogP contribution in [0.2, 0.25) is 0 Å². The molecule has 0 aliphatic carbocycles. The van der Waals surface area contributed by atoms with E-state index < -0.39 is 11.0 Å². The van der Waals surface area contributed by atoms with E-state index in [0.29, 0.717) is 5.56 Å². The molecule has 0 fully saturated rings. The number of rotatable bonds is 4. The highest BCUT2D eigenvalue weighted by atomic mass is 16.6. The van der Waals surface area contributed by atoms with Gasteiger partial charge in [0.2, 0.25) is 0 Å². The first-order chi connectivity index (χ1) is 8.16. The van der Waals surface area contributed by atoms with Gasteiger partial charge >= 0.3 is 5.69 Å². The van der Waals surface area contributed by atoms with Gasteiger partial charge < -0.3 is 5.11 Å². The molecule has 2 rings (SSSR count). The molecule has 0 aliphatic rings. The number of hydrogen-bond donors (Lipinski definition) is 1. The van der Waals surface area contributed by atoms with Crippen LogP contribution in [-0.2, 0) is 6.54 Å². The van der Waals surface area contributed by atoms with Gasteiger partial charge in [0.15, 0.2) is 0 Å². The van der Waals surface area contributed by atoms with Crippen LogP contribution in [0.3, 0.4) is 0 Å². The van der Waals surface area contributed by atoms with E-state index >= 15 is 0 Å². The van der Waals surface area contributed by atoms with E-state index in [4.69, 9.17) is 0 Å². The molecule has 0 saturated carbocycles. The van der Waals surface area contributed by atoms with E-state index in [-0.39, 0.29) is 12.2 Å². The van der Waals surface area contributed by atoms with Crippen molar-refractivity contribution < 1.29 is 10.0 Å². The zero-order valence-corrected chi connectivity index (χ0v) is 8.80. The van der Waals surface area contributed by atoms with Gasteiger partial charge in [-0.15, -0.1) is 0 Å². The fourth-order valence-corrected chi connectivity index (χ4v) is 1.41. The molecule has 1 N–H and O–H groups in total. The summed E-state index contributed by atoms with van der Waals surface area (Å²) in [7, 11) is 0. The monoisotopic (exact) mass is 234 g/mol. The van der Waals surface area contributed by atoms with Gasteiger partial charge in [-0.1, -0.05) is 0 Å². The lowest BCUT2D eigenvalue weighted by Crippen LogP contribution is -2.09. The van der Waals surface area contributed by atoms with E-state index in [1.165, 1.54) is 10.9 Å². The molecule has 0 radical (unpaired) electrons. The van der Waals surface area contributed by atoms with Gasteiger partial charge in [-0.3, -0.25) is 19.8 Å². The summed E-state index contributed by atoms with van der Waals surface area (Å²) < 4.78 is 1.34. The first-order valence-electron chi connectivity index (χ1n) is 4.91. The van der Waals surface area contributed by atoms with Crippen LogP contribution in [-0.4, -0.2) is 24.8 Å². The third-order valence-electron chi connectivity index (χ3n) is 2.28. The maximum atomic E-state index is 10.5. The lowest BCUT2D eigenvalue weighted by Gasteiger charge is -2.09. The molecule has 0 bridgehead atoms. The summed E-state index contributed by atoms with van der Waals surface area (Å²) in [6, 6.07) is 3.37. The molecule has 7 heteroatoms. The van der Waals surface area contributed by atoms with Crippen LogP contribution in [0.25, 0.3) is 0 Å². The van der Waals surface area contributed by atoms with E-state index in [1.807, 2.05) is 0 Å². The second-order valence-electron chi connectivity index (χ2n) is 3.47. The van der Waals surface area contributed by atoms with Crippen molar-refractivity contribution in [2.45, 2.75) is 12.6 Å². The third kappa shape index (κ3) is 2.64. The smallest absolute Gasteiger partial charge is 0.306 e. The second kappa shape index (κ2) is 4.71. The Bertz CT molecular complexity index is 511. The SMILES string of the molecule is O=[N+]([O-])c1cnn(C[C@H](O)c2ccncc2)c1. The molecule has 17 heavy (non-hydrogen) atoms. The zero-order chi connectivity index (χ0) is 12.3. The van der Waals surface area contributed by atoms with Gasteiger partial charge in [-0.05, 0) is 17.7 Å². The van der Waals surface area contributed by atoms with Gasteiger partial charge in [0, 0.05) is 12.4 Å². The predicted molar refractivity (Wildman–Crippen MR) is 58.1 cm³/mol. The second-order valence-corrected chi connectivity index (χ2v) is 3.47. The van der Waals surface area contributed by atoms with Crippen molar-refractivity contribution in [2.75, 3.05) is 0 Å². The summed E-state index contributed by atoms with van der Waals surface area (Å²) in [5, 5.41) is 24.1. The Labute approximate surface area is 96.5 Å². The van der Waals surface area contributed by atoms with Crippen molar-refractivity contribution in [3.8, 4) is 0 Å². The molecule has 0 unspecified atom stereocenters. The Morgan fingerprint density at radius 2 is 2.18 bits per heavy atom. The summed E-state index contributed by atoms with van der Waals surface area (Å²) in [4.78, 5) is 13.8. The first kappa shape index (κ1) is 11.2. The summed E-state index contributed by atoms with van der Waals surface area (Å²) in [5.41, 5.74) is 0.602. The van der Waals surface area contributed by atoms with Crippen molar-refractivity contribution in [3.63, 3.8) is 0 Å². The lowest BCUT2D eigenvalue weighted by molar-refractivity contribution is -0.385. The molecule has 0 aliphatic heterocycles. The topological polar surface area (TPSA) is 94.1 Å². The zero-order valence-electron chi connectivity index (χ0n) is 8.80. The molecule has 0 amide bonds. The molecule has 2 heterocycles. The van der Waals surface area contributed by atoms with Gasteiger partial charge in [0.1, 0.15) is 12.4 Å². The Balaban J connectivity index is 2.08. The van der Waals surface area contributed by atoms with Gasteiger partial charge in [0.25, 0.3) is 0 Å². The number of nitro groups is 1. The van der Waals surface area contributed by atoms with E-state index in [1.54, 1.807) is 24.5 Å². The number of hydrogen-bond acceptors (Lipinski definition) is 5. The molecule has 7 nitrogen and oxygen atoms in total. The maximum absolute atomic E-state index is 10.5. The highest BCUT2D eigenvalue weighted by Gasteiger charge is 2.12. The predicted octanol–water partition coefficient (Wildman–Crippen LogP) is 0.920. The third-order valence-corrected chi connectivity index (χ3v) is 2.28. The Hall–Kier alpha value is -2.28. The standard InChI is InChI=1S/C10H10N4O3/c15-10(8-1-3-11-4-2-8)7-13-6-9(5-12-13)14(16)17/h1-6,10,15H,7H2/t10-/m0/s1. The highest BCUT2D eigenvalue weighted by Crippen LogP contribution is 2.15. The van der Waals surface area contributed by atoms with Gasteiger partial charge in [-0.25, -0.2) is 0 Å². The van der Waals surface area contributed by atoms with Crippen molar-refractivity contribution >= 4 is 5.69 Å². The maximum Gasteiger partial charge on any atom is 0.306 e. The van der Waals surface area contributed by atoms with Gasteiger partial charge in [0.05, 0.1) is 17.6 Å². The van der Waals surface area contributed by atoms with Crippen LogP contribution in [0, 0.1) is 10.1 Å². The molecular formula is C10H10N4O3. The fraction of sp³-hybridized carbons (Fsp3) is 0.200. The van der Waals surface area contributed by atoms with Gasteiger partial charge in [-0.2, -0.15) is 5.10 Å². The molecular weight excluding hydrogens is 224 g/mol.